The molecular formula is C24H38N2O2. The molecule has 28 heavy (non-hydrogen) atoms. The van der Waals surface area contributed by atoms with Crippen molar-refractivity contribution in [3.8, 4) is 0 Å². The van der Waals surface area contributed by atoms with Gasteiger partial charge in [0, 0.05) is 44.4 Å². The lowest BCUT2D eigenvalue weighted by atomic mass is 9.44. The summed E-state index contributed by atoms with van der Waals surface area (Å²) in [5.41, 5.74) is 0.253. The van der Waals surface area contributed by atoms with Crippen LogP contribution in [0.5, 0.6) is 0 Å². The largest absolute Gasteiger partial charge is 0.304 e. The standard InChI is InChI=1S/C24H38N2O2/c1-23-11-9-20(27)22(26-14-12-25(3)13-15-26)19(23)5-4-16-17-6-7-21(28)24(17,2)10-8-18(16)23/h16-19,22H,4-15H2,1-3H3/t16-,17-,18-,19-,22-,23+,24-/m0/s1. The van der Waals surface area contributed by atoms with E-state index in [1.54, 1.807) is 0 Å². The number of fused-ring (bicyclic) bond motifs is 5. The maximum absolute atomic E-state index is 13.1. The van der Waals surface area contributed by atoms with E-state index in [4.69, 9.17) is 0 Å². The van der Waals surface area contributed by atoms with Gasteiger partial charge in [0.05, 0.1) is 6.04 Å². The Labute approximate surface area is 170 Å². The first-order valence-electron chi connectivity index (χ1n) is 11.8. The number of likely N-dealkylation sites (N-methyl/N-ethyl adjacent to an activating group) is 1. The Kier molecular flexibility index (Phi) is 4.56. The van der Waals surface area contributed by atoms with Crippen molar-refractivity contribution in [2.24, 2.45) is 34.5 Å². The third-order valence-electron chi connectivity index (χ3n) is 10.2. The van der Waals surface area contributed by atoms with Gasteiger partial charge in [-0.15, -0.1) is 0 Å². The molecule has 1 saturated heterocycles. The number of Topliss-reactive ketones (excluding diaryl/α,β-unsaturated/α-hetero) is 2. The Morgan fingerprint density at radius 2 is 1.57 bits per heavy atom. The molecule has 156 valence electrons. The van der Waals surface area contributed by atoms with Gasteiger partial charge in [-0.1, -0.05) is 13.8 Å². The number of carbonyl (C=O) groups excluding carboxylic acids is 2. The molecule has 0 aromatic heterocycles. The van der Waals surface area contributed by atoms with E-state index in [1.807, 2.05) is 0 Å². The minimum absolute atomic E-state index is 0.0360. The van der Waals surface area contributed by atoms with E-state index in [-0.39, 0.29) is 16.9 Å². The molecular weight excluding hydrogens is 348 g/mol. The second kappa shape index (κ2) is 6.63. The van der Waals surface area contributed by atoms with Crippen LogP contribution in [0.15, 0.2) is 0 Å². The third kappa shape index (κ3) is 2.62. The molecule has 0 unspecified atom stereocenters. The molecule has 0 N–H and O–H groups in total. The molecule has 5 rings (SSSR count). The molecule has 5 fully saturated rings. The summed E-state index contributed by atoms with van der Waals surface area (Å²) in [7, 11) is 2.19. The molecule has 0 aromatic carbocycles. The molecule has 4 aliphatic carbocycles. The fourth-order valence-electron chi connectivity index (χ4n) is 8.47. The first-order chi connectivity index (χ1) is 13.3. The average Bonchev–Trinajstić information content (AvgIpc) is 2.98. The smallest absolute Gasteiger partial charge is 0.150 e. The van der Waals surface area contributed by atoms with Crippen LogP contribution in [-0.4, -0.2) is 60.6 Å². The quantitative estimate of drug-likeness (QED) is 0.693. The van der Waals surface area contributed by atoms with Gasteiger partial charge in [-0.05, 0) is 74.7 Å². The molecule has 1 heterocycles. The van der Waals surface area contributed by atoms with E-state index in [2.05, 4.69) is 30.7 Å². The van der Waals surface area contributed by atoms with Crippen molar-refractivity contribution < 1.29 is 9.59 Å². The summed E-state index contributed by atoms with van der Waals surface area (Å²) in [6, 6.07) is 0.159. The molecule has 0 aromatic rings. The van der Waals surface area contributed by atoms with Crippen LogP contribution in [-0.2, 0) is 9.59 Å². The monoisotopic (exact) mass is 386 g/mol. The minimum atomic E-state index is -0.0360. The molecule has 5 aliphatic rings. The van der Waals surface area contributed by atoms with Gasteiger partial charge in [-0.2, -0.15) is 0 Å². The highest BCUT2D eigenvalue weighted by molar-refractivity contribution is 5.87. The van der Waals surface area contributed by atoms with Crippen LogP contribution >= 0.6 is 0 Å². The van der Waals surface area contributed by atoms with Crippen LogP contribution in [0, 0.1) is 34.5 Å². The van der Waals surface area contributed by atoms with Crippen LogP contribution in [0.2, 0.25) is 0 Å². The number of ketones is 2. The van der Waals surface area contributed by atoms with Crippen molar-refractivity contribution in [3.63, 3.8) is 0 Å². The maximum Gasteiger partial charge on any atom is 0.150 e. The number of hydrogen-bond acceptors (Lipinski definition) is 4. The molecule has 4 nitrogen and oxygen atoms in total. The number of nitrogens with zero attached hydrogens (tertiary/aromatic N) is 2. The highest BCUT2D eigenvalue weighted by Crippen LogP contribution is 2.65. The highest BCUT2D eigenvalue weighted by Gasteiger charge is 2.62. The van der Waals surface area contributed by atoms with Gasteiger partial charge < -0.3 is 4.90 Å². The predicted molar refractivity (Wildman–Crippen MR) is 110 cm³/mol. The second-order valence-corrected chi connectivity index (χ2v) is 11.2. The first-order valence-corrected chi connectivity index (χ1v) is 11.8. The molecule has 0 bridgehead atoms. The Morgan fingerprint density at radius 3 is 2.32 bits per heavy atom. The summed E-state index contributed by atoms with van der Waals surface area (Å²) in [4.78, 5) is 30.7. The highest BCUT2D eigenvalue weighted by atomic mass is 16.1. The molecule has 1 aliphatic heterocycles. The SMILES string of the molecule is CN1CCN([C@@H]2C(=O)CC[C@]3(C)[C@H]4CC[C@]5(C)C(=O)CC[C@H]5[C@@H]4CC[C@@H]23)CC1. The normalized spacial score (nSPS) is 50.2. The van der Waals surface area contributed by atoms with Crippen molar-refractivity contribution in [3.05, 3.63) is 0 Å². The Bertz CT molecular complexity index is 670. The summed E-state index contributed by atoms with van der Waals surface area (Å²) >= 11 is 0. The van der Waals surface area contributed by atoms with E-state index in [0.717, 1.165) is 64.2 Å². The van der Waals surface area contributed by atoms with Crippen LogP contribution in [0.4, 0.5) is 0 Å². The summed E-state index contributed by atoms with van der Waals surface area (Å²) in [5.74, 6) is 3.63. The van der Waals surface area contributed by atoms with Crippen LogP contribution in [0.3, 0.4) is 0 Å². The average molecular weight is 387 g/mol. The topological polar surface area (TPSA) is 40.6 Å². The van der Waals surface area contributed by atoms with Crippen molar-refractivity contribution in [1.82, 2.24) is 9.80 Å². The number of piperazine rings is 1. The van der Waals surface area contributed by atoms with Crippen molar-refractivity contribution in [2.45, 2.75) is 71.3 Å². The molecule has 0 amide bonds. The first kappa shape index (κ1) is 19.2. The number of hydrogen-bond donors (Lipinski definition) is 0. The van der Waals surface area contributed by atoms with Gasteiger partial charge in [0.2, 0.25) is 0 Å². The zero-order chi connectivity index (χ0) is 19.7. The van der Waals surface area contributed by atoms with E-state index in [9.17, 15) is 9.59 Å². The lowest BCUT2D eigenvalue weighted by Gasteiger charge is -2.62. The van der Waals surface area contributed by atoms with Crippen molar-refractivity contribution >= 4 is 11.6 Å². The lowest BCUT2D eigenvalue weighted by Crippen LogP contribution is -2.63. The van der Waals surface area contributed by atoms with Gasteiger partial charge >= 0.3 is 0 Å². The van der Waals surface area contributed by atoms with Gasteiger partial charge in [-0.25, -0.2) is 0 Å². The molecule has 4 heteroatoms. The fourth-order valence-corrected chi connectivity index (χ4v) is 8.47. The second-order valence-electron chi connectivity index (χ2n) is 11.2. The predicted octanol–water partition coefficient (Wildman–Crippen LogP) is 3.39. The summed E-state index contributed by atoms with van der Waals surface area (Å²) in [6.07, 6.45) is 8.53. The van der Waals surface area contributed by atoms with E-state index in [1.165, 1.54) is 19.3 Å². The Balaban J connectivity index is 1.42. The van der Waals surface area contributed by atoms with E-state index >= 15 is 0 Å². The van der Waals surface area contributed by atoms with Gasteiger partial charge in [0.25, 0.3) is 0 Å². The molecule has 0 spiro atoms. The van der Waals surface area contributed by atoms with E-state index < -0.39 is 0 Å². The van der Waals surface area contributed by atoms with Crippen LogP contribution < -0.4 is 0 Å². The zero-order valence-corrected chi connectivity index (χ0v) is 18.1. The Hall–Kier alpha value is -0.740. The number of carbonyl (C=O) groups is 2. The van der Waals surface area contributed by atoms with Crippen molar-refractivity contribution in [2.75, 3.05) is 33.2 Å². The maximum atomic E-state index is 13.1. The van der Waals surface area contributed by atoms with Crippen molar-refractivity contribution in [1.29, 1.82) is 0 Å². The summed E-state index contributed by atoms with van der Waals surface area (Å²) in [5, 5.41) is 0. The fraction of sp³-hybridized carbons (Fsp3) is 0.917. The number of rotatable bonds is 1. The van der Waals surface area contributed by atoms with Crippen LogP contribution in [0.25, 0.3) is 0 Å². The van der Waals surface area contributed by atoms with Gasteiger partial charge in [0.1, 0.15) is 11.6 Å². The zero-order valence-electron chi connectivity index (χ0n) is 18.1. The molecule has 4 saturated carbocycles. The van der Waals surface area contributed by atoms with Crippen LogP contribution in [0.1, 0.15) is 65.2 Å². The van der Waals surface area contributed by atoms with Gasteiger partial charge in [-0.3, -0.25) is 14.5 Å². The molecule has 7 atom stereocenters. The molecule has 0 radical (unpaired) electrons. The third-order valence-corrected chi connectivity index (χ3v) is 10.2. The Morgan fingerprint density at radius 1 is 0.821 bits per heavy atom. The minimum Gasteiger partial charge on any atom is -0.304 e. The van der Waals surface area contributed by atoms with Gasteiger partial charge in [0.15, 0.2) is 0 Å². The van der Waals surface area contributed by atoms with E-state index in [0.29, 0.717) is 29.3 Å². The summed E-state index contributed by atoms with van der Waals surface area (Å²) in [6.45, 7) is 9.06. The lowest BCUT2D eigenvalue weighted by molar-refractivity contribution is -0.157. The summed E-state index contributed by atoms with van der Waals surface area (Å²) < 4.78 is 0.